The molecule has 3 aromatic carbocycles. The molecule has 206 valence electrons. The Morgan fingerprint density at radius 3 is 2.20 bits per heavy atom. The van der Waals surface area contributed by atoms with E-state index in [0.717, 1.165) is 28.4 Å². The summed E-state index contributed by atoms with van der Waals surface area (Å²) < 4.78 is 20.7. The van der Waals surface area contributed by atoms with E-state index in [2.05, 4.69) is 5.32 Å². The van der Waals surface area contributed by atoms with Crippen molar-refractivity contribution in [2.24, 2.45) is 0 Å². The monoisotopic (exact) mass is 580 g/mol. The van der Waals surface area contributed by atoms with Crippen molar-refractivity contribution >= 4 is 40.8 Å². The first-order chi connectivity index (χ1) is 19.3. The van der Waals surface area contributed by atoms with Crippen LogP contribution in [0.2, 0.25) is 10.0 Å². The van der Waals surface area contributed by atoms with Gasteiger partial charge in [-0.05, 0) is 73.2 Å². The number of rotatable bonds is 5. The molecule has 1 aromatic heterocycles. The topological polar surface area (TPSA) is 66.8 Å². The van der Waals surface area contributed by atoms with Gasteiger partial charge in [0.25, 0.3) is 5.91 Å². The number of hydrogen-bond donors (Lipinski definition) is 1. The van der Waals surface area contributed by atoms with Crippen LogP contribution in [0.15, 0.2) is 72.8 Å². The van der Waals surface area contributed by atoms with Crippen molar-refractivity contribution in [1.29, 1.82) is 0 Å². The Morgan fingerprint density at radius 2 is 1.55 bits per heavy atom. The van der Waals surface area contributed by atoms with E-state index in [-0.39, 0.29) is 17.0 Å². The van der Waals surface area contributed by atoms with E-state index in [4.69, 9.17) is 27.9 Å². The van der Waals surface area contributed by atoms with E-state index in [1.165, 1.54) is 18.2 Å². The van der Waals surface area contributed by atoms with Crippen molar-refractivity contribution in [1.82, 2.24) is 14.4 Å². The molecule has 1 fully saturated rings. The van der Waals surface area contributed by atoms with Crippen LogP contribution in [-0.4, -0.2) is 59.6 Å². The van der Waals surface area contributed by atoms with Gasteiger partial charge in [0.1, 0.15) is 11.6 Å². The lowest BCUT2D eigenvalue weighted by atomic mass is 10.1. The maximum Gasteiger partial charge on any atom is 0.321 e. The lowest BCUT2D eigenvalue weighted by molar-refractivity contribution is 0.0671. The van der Waals surface area contributed by atoms with Gasteiger partial charge in [0.05, 0.1) is 34.1 Å². The lowest BCUT2D eigenvalue weighted by Gasteiger charge is -2.34. The van der Waals surface area contributed by atoms with E-state index in [9.17, 15) is 14.0 Å². The number of carbonyl (C=O) groups is 2. The first-order valence-electron chi connectivity index (χ1n) is 12.7. The number of hydrogen-bond acceptors (Lipinski definition) is 3. The van der Waals surface area contributed by atoms with Gasteiger partial charge in [0, 0.05) is 37.6 Å². The summed E-state index contributed by atoms with van der Waals surface area (Å²) in [4.78, 5) is 29.9. The number of halogens is 3. The number of amides is 3. The zero-order valence-electron chi connectivity index (χ0n) is 22.0. The highest BCUT2D eigenvalue weighted by Crippen LogP contribution is 2.34. The number of nitrogens with one attached hydrogen (secondary N) is 1. The van der Waals surface area contributed by atoms with Gasteiger partial charge in [-0.3, -0.25) is 4.79 Å². The minimum Gasteiger partial charge on any atom is -0.497 e. The molecule has 0 saturated carbocycles. The average Bonchev–Trinajstić information content (AvgIpc) is 3.31. The number of nitrogens with zero attached hydrogens (tertiary/aromatic N) is 3. The molecule has 7 nitrogen and oxygen atoms in total. The lowest BCUT2D eigenvalue weighted by Crippen LogP contribution is -2.51. The molecule has 10 heteroatoms. The van der Waals surface area contributed by atoms with Crippen LogP contribution in [0.1, 0.15) is 16.1 Å². The van der Waals surface area contributed by atoms with Gasteiger partial charge >= 0.3 is 6.03 Å². The van der Waals surface area contributed by atoms with Gasteiger partial charge < -0.3 is 24.4 Å². The quantitative estimate of drug-likeness (QED) is 0.279. The fraction of sp³-hybridized carbons (Fsp3) is 0.200. The molecular formula is C30H27Cl2FN4O3. The summed E-state index contributed by atoms with van der Waals surface area (Å²) in [5.41, 5.74) is 4.23. The third-order valence-corrected chi connectivity index (χ3v) is 7.59. The van der Waals surface area contributed by atoms with Gasteiger partial charge in [-0.1, -0.05) is 35.3 Å². The molecule has 40 heavy (non-hydrogen) atoms. The number of methoxy groups -OCH3 is 1. The van der Waals surface area contributed by atoms with E-state index >= 15 is 0 Å². The van der Waals surface area contributed by atoms with Gasteiger partial charge in [-0.25, -0.2) is 9.18 Å². The van der Waals surface area contributed by atoms with Crippen LogP contribution in [0, 0.1) is 12.7 Å². The van der Waals surface area contributed by atoms with Crippen molar-refractivity contribution in [3.05, 3.63) is 99.9 Å². The van der Waals surface area contributed by atoms with Crippen LogP contribution >= 0.6 is 23.2 Å². The van der Waals surface area contributed by atoms with Crippen LogP contribution in [0.4, 0.5) is 14.9 Å². The third kappa shape index (κ3) is 5.50. The molecule has 2 heterocycles. The summed E-state index contributed by atoms with van der Waals surface area (Å²) in [5, 5.41) is 3.23. The molecule has 1 aliphatic rings. The van der Waals surface area contributed by atoms with Crippen LogP contribution in [0.25, 0.3) is 16.9 Å². The van der Waals surface area contributed by atoms with E-state index in [1.807, 2.05) is 66.1 Å². The molecule has 1 N–H and O–H groups in total. The fourth-order valence-corrected chi connectivity index (χ4v) is 5.20. The van der Waals surface area contributed by atoms with E-state index < -0.39 is 5.82 Å². The summed E-state index contributed by atoms with van der Waals surface area (Å²) in [6, 6.07) is 20.7. The molecule has 5 rings (SSSR count). The summed E-state index contributed by atoms with van der Waals surface area (Å²) in [6.07, 6.45) is 0. The van der Waals surface area contributed by atoms with Gasteiger partial charge in [0.2, 0.25) is 0 Å². The molecule has 0 unspecified atom stereocenters. The smallest absolute Gasteiger partial charge is 0.321 e. The molecule has 0 atom stereocenters. The largest absolute Gasteiger partial charge is 0.497 e. The predicted octanol–water partition coefficient (Wildman–Crippen LogP) is 6.90. The predicted molar refractivity (Wildman–Crippen MR) is 155 cm³/mol. The number of piperazine rings is 1. The maximum absolute atomic E-state index is 13.8. The Labute approximate surface area is 241 Å². The van der Waals surface area contributed by atoms with E-state index in [1.54, 1.807) is 16.9 Å². The minimum absolute atomic E-state index is 0.0682. The van der Waals surface area contributed by atoms with Crippen LogP contribution < -0.4 is 10.1 Å². The number of aromatic nitrogens is 1. The summed E-state index contributed by atoms with van der Waals surface area (Å²) in [6.45, 7) is 3.33. The molecule has 4 aromatic rings. The molecule has 0 radical (unpaired) electrons. The number of carbonyl (C=O) groups excluding carboxylic acids is 2. The van der Waals surface area contributed by atoms with Gasteiger partial charge in [-0.2, -0.15) is 0 Å². The standard InChI is InChI=1S/C30H27Cl2FN4O3/c1-19-23(18-28(20-7-10-22(40-2)11-8-20)37(19)27-6-4-3-5-24(27)31)29(38)35-13-15-36(16-14-35)30(39)34-21-9-12-26(33)25(32)17-21/h3-12,17-18H,13-16H2,1-2H3,(H,34,39). The number of anilines is 1. The highest BCUT2D eigenvalue weighted by Gasteiger charge is 2.28. The van der Waals surface area contributed by atoms with Crippen molar-refractivity contribution in [3.63, 3.8) is 0 Å². The number of benzene rings is 3. The molecular weight excluding hydrogens is 554 g/mol. The van der Waals surface area contributed by atoms with Crippen molar-refractivity contribution in [2.45, 2.75) is 6.92 Å². The molecule has 0 spiro atoms. The Morgan fingerprint density at radius 1 is 0.875 bits per heavy atom. The van der Waals surface area contributed by atoms with Crippen LogP contribution in [0.3, 0.4) is 0 Å². The zero-order valence-corrected chi connectivity index (χ0v) is 23.5. The summed E-state index contributed by atoms with van der Waals surface area (Å²) >= 11 is 12.4. The number of para-hydroxylation sites is 1. The average molecular weight is 581 g/mol. The van der Waals surface area contributed by atoms with Crippen molar-refractivity contribution in [2.75, 3.05) is 38.6 Å². The molecule has 3 amide bonds. The highest BCUT2D eigenvalue weighted by molar-refractivity contribution is 6.32. The molecule has 1 aliphatic heterocycles. The Hall–Kier alpha value is -4.01. The second kappa shape index (κ2) is 11.6. The van der Waals surface area contributed by atoms with Crippen LogP contribution in [0.5, 0.6) is 5.75 Å². The van der Waals surface area contributed by atoms with Gasteiger partial charge in [-0.15, -0.1) is 0 Å². The fourth-order valence-electron chi connectivity index (χ4n) is 4.80. The minimum atomic E-state index is -0.555. The first kappa shape index (κ1) is 27.6. The molecule has 0 bridgehead atoms. The van der Waals surface area contributed by atoms with Crippen molar-refractivity contribution in [3.8, 4) is 22.7 Å². The van der Waals surface area contributed by atoms with Crippen molar-refractivity contribution < 1.29 is 18.7 Å². The Bertz CT molecular complexity index is 1560. The Balaban J connectivity index is 1.37. The second-order valence-corrected chi connectivity index (χ2v) is 10.2. The highest BCUT2D eigenvalue weighted by atomic mass is 35.5. The zero-order chi connectivity index (χ0) is 28.4. The maximum atomic E-state index is 13.8. The van der Waals surface area contributed by atoms with Crippen LogP contribution in [-0.2, 0) is 0 Å². The molecule has 1 saturated heterocycles. The SMILES string of the molecule is COc1ccc(-c2cc(C(=O)N3CCN(C(=O)Nc4ccc(F)c(Cl)c4)CC3)c(C)n2-c2ccccc2Cl)cc1. The number of ether oxygens (including phenoxy) is 1. The Kier molecular flexibility index (Phi) is 8.00. The third-order valence-electron chi connectivity index (χ3n) is 6.98. The summed E-state index contributed by atoms with van der Waals surface area (Å²) in [7, 11) is 1.62. The normalized spacial score (nSPS) is 13.3. The second-order valence-electron chi connectivity index (χ2n) is 9.38. The van der Waals surface area contributed by atoms with E-state index in [0.29, 0.717) is 42.5 Å². The molecule has 0 aliphatic carbocycles. The summed E-state index contributed by atoms with van der Waals surface area (Å²) in [5.74, 6) is 0.0566. The van der Waals surface area contributed by atoms with Gasteiger partial charge in [0.15, 0.2) is 0 Å². The first-order valence-corrected chi connectivity index (χ1v) is 13.4. The number of urea groups is 1.